The van der Waals surface area contributed by atoms with Crippen LogP contribution in [-0.2, 0) is 4.74 Å². The molecule has 1 amide bonds. The Morgan fingerprint density at radius 2 is 1.73 bits per heavy atom. The quantitative estimate of drug-likeness (QED) is 0.363. The van der Waals surface area contributed by atoms with Crippen molar-refractivity contribution in [2.24, 2.45) is 0 Å². The molecule has 1 aromatic heterocycles. The van der Waals surface area contributed by atoms with E-state index in [0.717, 1.165) is 33.3 Å². The molecule has 0 radical (unpaired) electrons. The molecule has 168 valence electrons. The normalized spacial score (nSPS) is 14.5. The van der Waals surface area contributed by atoms with Crippen molar-refractivity contribution < 1.29 is 19.7 Å². The highest BCUT2D eigenvalue weighted by Crippen LogP contribution is 2.44. The number of nitrogens with zero attached hydrogens (tertiary/aromatic N) is 1. The lowest BCUT2D eigenvalue weighted by atomic mass is 9.98. The predicted molar refractivity (Wildman–Crippen MR) is 125 cm³/mol. The second kappa shape index (κ2) is 8.69. The van der Waals surface area contributed by atoms with E-state index in [0.29, 0.717) is 11.1 Å². The number of H-pyrrole nitrogens is 1. The summed E-state index contributed by atoms with van der Waals surface area (Å²) in [5.41, 5.74) is 6.74. The Bertz CT molecular complexity index is 1270. The summed E-state index contributed by atoms with van der Waals surface area (Å²) in [6.07, 6.45) is -3.00. The fourth-order valence-corrected chi connectivity index (χ4v) is 4.52. The number of rotatable bonds is 6. The van der Waals surface area contributed by atoms with Crippen LogP contribution in [0.2, 0.25) is 0 Å². The number of fused-ring (bicyclic) bond motifs is 4. The lowest BCUT2D eigenvalue weighted by Crippen LogP contribution is -2.36. The molecule has 4 N–H and O–H groups in total. The molecule has 0 saturated carbocycles. The SMILES string of the molecule is Cc1[nH]nc2cc(C(O)C(O)CNC(=O)OCC3c4ccccc4-c4ccccc43)ccc12. The van der Waals surface area contributed by atoms with Crippen molar-refractivity contribution in [3.63, 3.8) is 0 Å². The third-order valence-electron chi connectivity index (χ3n) is 6.28. The maximum atomic E-state index is 12.3. The zero-order valence-corrected chi connectivity index (χ0v) is 18.2. The van der Waals surface area contributed by atoms with Crippen LogP contribution in [0.15, 0.2) is 66.7 Å². The van der Waals surface area contributed by atoms with Gasteiger partial charge in [-0.1, -0.05) is 60.7 Å². The van der Waals surface area contributed by atoms with E-state index in [9.17, 15) is 15.0 Å². The van der Waals surface area contributed by atoms with Gasteiger partial charge >= 0.3 is 6.09 Å². The molecule has 4 aromatic rings. The molecule has 0 saturated heterocycles. The van der Waals surface area contributed by atoms with Crippen LogP contribution in [0, 0.1) is 6.92 Å². The van der Waals surface area contributed by atoms with E-state index in [1.165, 1.54) is 0 Å². The Morgan fingerprint density at radius 3 is 2.42 bits per heavy atom. The molecule has 1 aliphatic rings. The van der Waals surface area contributed by atoms with Gasteiger partial charge in [-0.15, -0.1) is 0 Å². The third-order valence-corrected chi connectivity index (χ3v) is 6.28. The Kier molecular flexibility index (Phi) is 5.58. The maximum absolute atomic E-state index is 12.3. The van der Waals surface area contributed by atoms with Crippen LogP contribution in [0.1, 0.15) is 34.4 Å². The highest BCUT2D eigenvalue weighted by atomic mass is 16.5. The minimum atomic E-state index is -1.19. The van der Waals surface area contributed by atoms with Gasteiger partial charge in [-0.25, -0.2) is 4.79 Å². The first kappa shape index (κ1) is 21.2. The van der Waals surface area contributed by atoms with Crippen molar-refractivity contribution in [1.29, 1.82) is 0 Å². The fourth-order valence-electron chi connectivity index (χ4n) is 4.52. The molecular weight excluding hydrogens is 418 g/mol. The van der Waals surface area contributed by atoms with E-state index in [1.54, 1.807) is 12.1 Å². The highest BCUT2D eigenvalue weighted by molar-refractivity contribution is 5.82. The first-order chi connectivity index (χ1) is 16.0. The van der Waals surface area contributed by atoms with Gasteiger partial charge in [0.05, 0.1) is 5.52 Å². The summed E-state index contributed by atoms with van der Waals surface area (Å²) in [6, 6.07) is 21.5. The van der Waals surface area contributed by atoms with Gasteiger partial charge in [0, 0.05) is 23.5 Å². The summed E-state index contributed by atoms with van der Waals surface area (Å²) in [7, 11) is 0. The van der Waals surface area contributed by atoms with Crippen molar-refractivity contribution in [2.75, 3.05) is 13.2 Å². The van der Waals surface area contributed by atoms with Crippen molar-refractivity contribution >= 4 is 17.0 Å². The number of ether oxygens (including phenoxy) is 1. The van der Waals surface area contributed by atoms with Crippen LogP contribution in [0.3, 0.4) is 0 Å². The Balaban J connectivity index is 1.18. The average molecular weight is 444 g/mol. The number of aliphatic hydroxyl groups is 2. The number of aryl methyl sites for hydroxylation is 1. The first-order valence-corrected chi connectivity index (χ1v) is 10.9. The van der Waals surface area contributed by atoms with Gasteiger partial charge in [0.1, 0.15) is 18.8 Å². The standard InChI is InChI=1S/C26H25N3O4/c1-15-17-11-10-16(12-23(17)29-28-15)25(31)24(30)13-27-26(32)33-14-22-20-8-4-2-6-18(20)19-7-3-5-9-21(19)22/h2-12,22,24-25,30-31H,13-14H2,1H3,(H,27,32)(H,28,29). The van der Waals surface area contributed by atoms with Gasteiger partial charge in [-0.2, -0.15) is 5.10 Å². The molecule has 33 heavy (non-hydrogen) atoms. The molecule has 3 aromatic carbocycles. The van der Waals surface area contributed by atoms with Gasteiger partial charge in [0.25, 0.3) is 0 Å². The van der Waals surface area contributed by atoms with Gasteiger partial charge in [0.2, 0.25) is 0 Å². The minimum Gasteiger partial charge on any atom is -0.449 e. The smallest absolute Gasteiger partial charge is 0.407 e. The Labute approximate surface area is 191 Å². The molecule has 1 aliphatic carbocycles. The number of aliphatic hydroxyl groups excluding tert-OH is 2. The van der Waals surface area contributed by atoms with Crippen LogP contribution in [-0.4, -0.2) is 45.8 Å². The molecule has 2 unspecified atom stereocenters. The van der Waals surface area contributed by atoms with Crippen molar-refractivity contribution in [1.82, 2.24) is 15.5 Å². The number of benzene rings is 3. The third kappa shape index (κ3) is 3.97. The lowest BCUT2D eigenvalue weighted by Gasteiger charge is -2.19. The van der Waals surface area contributed by atoms with Gasteiger partial charge < -0.3 is 20.3 Å². The second-order valence-electron chi connectivity index (χ2n) is 8.34. The zero-order chi connectivity index (χ0) is 22.9. The predicted octanol–water partition coefficient (Wildman–Crippen LogP) is 3.80. The van der Waals surface area contributed by atoms with E-state index in [2.05, 4.69) is 39.8 Å². The number of nitrogens with one attached hydrogen (secondary N) is 2. The monoisotopic (exact) mass is 443 g/mol. The summed E-state index contributed by atoms with van der Waals surface area (Å²) in [4.78, 5) is 12.3. The number of aromatic nitrogens is 2. The van der Waals surface area contributed by atoms with Crippen molar-refractivity contribution in [3.05, 3.63) is 89.1 Å². The lowest BCUT2D eigenvalue weighted by molar-refractivity contribution is 0.0186. The number of carbonyl (C=O) groups is 1. The number of hydrogen-bond donors (Lipinski definition) is 4. The second-order valence-corrected chi connectivity index (χ2v) is 8.34. The molecule has 0 bridgehead atoms. The van der Waals surface area contributed by atoms with E-state index in [-0.39, 0.29) is 19.1 Å². The van der Waals surface area contributed by atoms with Crippen molar-refractivity contribution in [3.8, 4) is 11.1 Å². The summed E-state index contributed by atoms with van der Waals surface area (Å²) >= 11 is 0. The molecule has 1 heterocycles. The number of alkyl carbamates (subject to hydrolysis) is 1. The van der Waals surface area contributed by atoms with Crippen molar-refractivity contribution in [2.45, 2.75) is 25.0 Å². The van der Waals surface area contributed by atoms with E-state index in [4.69, 9.17) is 4.74 Å². The van der Waals surface area contributed by atoms with Crippen LogP contribution in [0.25, 0.3) is 22.0 Å². The molecule has 2 atom stereocenters. The molecule has 0 fully saturated rings. The summed E-state index contributed by atoms with van der Waals surface area (Å²) < 4.78 is 5.48. The van der Waals surface area contributed by atoms with E-state index < -0.39 is 18.3 Å². The number of hydrogen-bond acceptors (Lipinski definition) is 5. The summed E-state index contributed by atoms with van der Waals surface area (Å²) in [5, 5.41) is 31.5. The van der Waals surface area contributed by atoms with Gasteiger partial charge in [-0.3, -0.25) is 5.10 Å². The average Bonchev–Trinajstić information content (AvgIpc) is 3.38. The molecule has 7 heteroatoms. The van der Waals surface area contributed by atoms with Crippen LogP contribution in [0.5, 0.6) is 0 Å². The zero-order valence-electron chi connectivity index (χ0n) is 18.2. The van der Waals surface area contributed by atoms with Gasteiger partial charge in [-0.05, 0) is 40.8 Å². The topological polar surface area (TPSA) is 107 Å². The van der Waals surface area contributed by atoms with E-state index >= 15 is 0 Å². The summed E-state index contributed by atoms with van der Waals surface area (Å²) in [6.45, 7) is 1.96. The first-order valence-electron chi connectivity index (χ1n) is 10.9. The molecule has 0 aliphatic heterocycles. The maximum Gasteiger partial charge on any atom is 0.407 e. The summed E-state index contributed by atoms with van der Waals surface area (Å²) in [5.74, 6) is -0.0392. The molecule has 5 rings (SSSR count). The minimum absolute atomic E-state index is 0.0392. The fraction of sp³-hybridized carbons (Fsp3) is 0.231. The highest BCUT2D eigenvalue weighted by Gasteiger charge is 2.29. The molecular formula is C26H25N3O4. The Hall–Kier alpha value is -3.68. The Morgan fingerprint density at radius 1 is 1.06 bits per heavy atom. The number of amides is 1. The number of carbonyl (C=O) groups excluding carboxylic acids is 1. The van der Waals surface area contributed by atoms with Crippen LogP contribution < -0.4 is 5.32 Å². The number of aromatic amines is 1. The molecule has 0 spiro atoms. The van der Waals surface area contributed by atoms with Crippen LogP contribution in [0.4, 0.5) is 4.79 Å². The molecule has 7 nitrogen and oxygen atoms in total. The van der Waals surface area contributed by atoms with Gasteiger partial charge in [0.15, 0.2) is 0 Å². The largest absolute Gasteiger partial charge is 0.449 e. The van der Waals surface area contributed by atoms with E-state index in [1.807, 2.05) is 37.3 Å². The van der Waals surface area contributed by atoms with Crippen LogP contribution >= 0.6 is 0 Å².